The number of nitrogens with one attached hydrogen (secondary N) is 1. The molecule has 0 saturated carbocycles. The van der Waals surface area contributed by atoms with Crippen LogP contribution in [0.25, 0.3) is 0 Å². The average Bonchev–Trinajstić information content (AvgIpc) is 2.18. The van der Waals surface area contributed by atoms with Crippen LogP contribution in [-0.2, 0) is 0 Å². The first-order chi connectivity index (χ1) is 6.27. The Morgan fingerprint density at radius 1 is 1.54 bits per heavy atom. The van der Waals surface area contributed by atoms with Crippen molar-refractivity contribution in [1.29, 1.82) is 0 Å². The van der Waals surface area contributed by atoms with E-state index in [1.165, 1.54) is 38.9 Å². The molecule has 0 amide bonds. The second kappa shape index (κ2) is 5.61. The Hall–Kier alpha value is -0.0800. The third kappa shape index (κ3) is 3.28. The van der Waals surface area contributed by atoms with Crippen molar-refractivity contribution < 1.29 is 0 Å². The molecular weight excluding hydrogens is 160 g/mol. The minimum atomic E-state index is 0.777. The van der Waals surface area contributed by atoms with Gasteiger partial charge in [-0.15, -0.1) is 0 Å². The zero-order chi connectivity index (χ0) is 9.68. The van der Waals surface area contributed by atoms with Crippen molar-refractivity contribution in [2.24, 2.45) is 5.92 Å². The highest BCUT2D eigenvalue weighted by molar-refractivity contribution is 4.77. The van der Waals surface area contributed by atoms with Crippen molar-refractivity contribution >= 4 is 0 Å². The number of piperidine rings is 1. The summed E-state index contributed by atoms with van der Waals surface area (Å²) in [5, 5.41) is 3.29. The van der Waals surface area contributed by atoms with Crippen molar-refractivity contribution in [3.63, 3.8) is 0 Å². The van der Waals surface area contributed by atoms with Crippen molar-refractivity contribution in [1.82, 2.24) is 10.2 Å². The summed E-state index contributed by atoms with van der Waals surface area (Å²) in [5.74, 6) is 0.882. The van der Waals surface area contributed by atoms with E-state index in [4.69, 9.17) is 0 Å². The van der Waals surface area contributed by atoms with E-state index < -0.39 is 0 Å². The van der Waals surface area contributed by atoms with Crippen LogP contribution in [0.4, 0.5) is 0 Å². The van der Waals surface area contributed by atoms with E-state index in [0.29, 0.717) is 0 Å². The van der Waals surface area contributed by atoms with Crippen LogP contribution in [0.3, 0.4) is 0 Å². The Bertz CT molecular complexity index is 134. The van der Waals surface area contributed by atoms with Gasteiger partial charge < -0.3 is 10.2 Å². The fourth-order valence-corrected chi connectivity index (χ4v) is 2.21. The SMILES string of the molecule is CCC(C)N1CCCC(CNC)C1. The summed E-state index contributed by atoms with van der Waals surface area (Å²) in [5.41, 5.74) is 0. The molecule has 0 spiro atoms. The van der Waals surface area contributed by atoms with E-state index in [1.807, 2.05) is 0 Å². The molecule has 1 aliphatic rings. The van der Waals surface area contributed by atoms with Gasteiger partial charge in [-0.1, -0.05) is 6.92 Å². The molecule has 0 aromatic heterocycles. The minimum absolute atomic E-state index is 0.777. The summed E-state index contributed by atoms with van der Waals surface area (Å²) in [6.45, 7) is 8.44. The van der Waals surface area contributed by atoms with Gasteiger partial charge in [-0.2, -0.15) is 0 Å². The molecular formula is C11H24N2. The van der Waals surface area contributed by atoms with Gasteiger partial charge in [-0.3, -0.25) is 0 Å². The minimum Gasteiger partial charge on any atom is -0.319 e. The predicted molar refractivity (Wildman–Crippen MR) is 58.0 cm³/mol. The maximum Gasteiger partial charge on any atom is 0.00644 e. The summed E-state index contributed by atoms with van der Waals surface area (Å²) in [6, 6.07) is 0.777. The molecule has 2 unspecified atom stereocenters. The standard InChI is InChI=1S/C11H24N2/c1-4-10(2)13-7-5-6-11(9-13)8-12-3/h10-12H,4-9H2,1-3H3. The fraction of sp³-hybridized carbons (Fsp3) is 1.00. The molecule has 1 heterocycles. The largest absolute Gasteiger partial charge is 0.319 e. The van der Waals surface area contributed by atoms with Crippen LogP contribution in [0.15, 0.2) is 0 Å². The first kappa shape index (κ1) is 11.0. The smallest absolute Gasteiger partial charge is 0.00644 e. The van der Waals surface area contributed by atoms with E-state index in [-0.39, 0.29) is 0 Å². The zero-order valence-electron chi connectivity index (χ0n) is 9.34. The van der Waals surface area contributed by atoms with Gasteiger partial charge in [-0.05, 0) is 52.2 Å². The lowest BCUT2D eigenvalue weighted by Gasteiger charge is -2.36. The molecule has 2 heteroatoms. The molecule has 78 valence electrons. The summed E-state index contributed by atoms with van der Waals surface area (Å²) in [6.07, 6.45) is 4.08. The molecule has 1 saturated heterocycles. The maximum atomic E-state index is 3.29. The molecule has 0 aromatic rings. The van der Waals surface area contributed by atoms with Gasteiger partial charge in [-0.25, -0.2) is 0 Å². The lowest BCUT2D eigenvalue weighted by molar-refractivity contribution is 0.128. The van der Waals surface area contributed by atoms with Crippen molar-refractivity contribution in [3.8, 4) is 0 Å². The Morgan fingerprint density at radius 2 is 2.31 bits per heavy atom. The number of nitrogens with zero attached hydrogens (tertiary/aromatic N) is 1. The Labute approximate surface area is 82.7 Å². The number of hydrogen-bond acceptors (Lipinski definition) is 2. The highest BCUT2D eigenvalue weighted by Gasteiger charge is 2.21. The third-order valence-corrected chi connectivity index (χ3v) is 3.26. The van der Waals surface area contributed by atoms with Crippen molar-refractivity contribution in [2.75, 3.05) is 26.7 Å². The first-order valence-corrected chi connectivity index (χ1v) is 5.66. The van der Waals surface area contributed by atoms with Gasteiger partial charge in [0.25, 0.3) is 0 Å². The second-order valence-electron chi connectivity index (χ2n) is 4.32. The van der Waals surface area contributed by atoms with Crippen LogP contribution in [0.5, 0.6) is 0 Å². The van der Waals surface area contributed by atoms with Crippen LogP contribution >= 0.6 is 0 Å². The first-order valence-electron chi connectivity index (χ1n) is 5.66. The molecule has 0 aliphatic carbocycles. The van der Waals surface area contributed by atoms with Crippen LogP contribution in [-0.4, -0.2) is 37.6 Å². The summed E-state index contributed by atoms with van der Waals surface area (Å²) >= 11 is 0. The zero-order valence-corrected chi connectivity index (χ0v) is 9.34. The highest BCUT2D eigenvalue weighted by atomic mass is 15.2. The monoisotopic (exact) mass is 184 g/mol. The predicted octanol–water partition coefficient (Wildman–Crippen LogP) is 1.72. The van der Waals surface area contributed by atoms with Crippen LogP contribution < -0.4 is 5.32 Å². The molecule has 1 rings (SSSR count). The average molecular weight is 184 g/mol. The van der Waals surface area contributed by atoms with Crippen LogP contribution in [0.1, 0.15) is 33.1 Å². The molecule has 1 fully saturated rings. The number of rotatable bonds is 4. The van der Waals surface area contributed by atoms with Crippen LogP contribution in [0.2, 0.25) is 0 Å². The fourth-order valence-electron chi connectivity index (χ4n) is 2.21. The van der Waals surface area contributed by atoms with Gasteiger partial charge >= 0.3 is 0 Å². The number of likely N-dealkylation sites (tertiary alicyclic amines) is 1. The lowest BCUT2D eigenvalue weighted by atomic mass is 9.96. The molecule has 1 N–H and O–H groups in total. The lowest BCUT2D eigenvalue weighted by Crippen LogP contribution is -2.43. The molecule has 2 atom stereocenters. The molecule has 0 radical (unpaired) electrons. The van der Waals surface area contributed by atoms with Crippen LogP contribution in [0, 0.1) is 5.92 Å². The Morgan fingerprint density at radius 3 is 2.92 bits per heavy atom. The topological polar surface area (TPSA) is 15.3 Å². The highest BCUT2D eigenvalue weighted by Crippen LogP contribution is 2.18. The molecule has 2 nitrogen and oxygen atoms in total. The maximum absolute atomic E-state index is 3.29. The number of hydrogen-bond donors (Lipinski definition) is 1. The summed E-state index contributed by atoms with van der Waals surface area (Å²) < 4.78 is 0. The van der Waals surface area contributed by atoms with E-state index >= 15 is 0 Å². The quantitative estimate of drug-likeness (QED) is 0.715. The van der Waals surface area contributed by atoms with Gasteiger partial charge in [0.1, 0.15) is 0 Å². The van der Waals surface area contributed by atoms with Crippen molar-refractivity contribution in [3.05, 3.63) is 0 Å². The molecule has 0 aromatic carbocycles. The summed E-state index contributed by atoms with van der Waals surface area (Å²) in [7, 11) is 2.06. The van der Waals surface area contributed by atoms with Gasteiger partial charge in [0.15, 0.2) is 0 Å². The molecule has 1 aliphatic heterocycles. The molecule has 13 heavy (non-hydrogen) atoms. The van der Waals surface area contributed by atoms with E-state index in [1.54, 1.807) is 0 Å². The van der Waals surface area contributed by atoms with E-state index in [9.17, 15) is 0 Å². The second-order valence-corrected chi connectivity index (χ2v) is 4.32. The van der Waals surface area contributed by atoms with Gasteiger partial charge in [0.05, 0.1) is 0 Å². The van der Waals surface area contributed by atoms with E-state index in [2.05, 4.69) is 31.1 Å². The molecule has 0 bridgehead atoms. The third-order valence-electron chi connectivity index (χ3n) is 3.26. The Balaban J connectivity index is 2.32. The van der Waals surface area contributed by atoms with Crippen molar-refractivity contribution in [2.45, 2.75) is 39.2 Å². The Kier molecular flexibility index (Phi) is 4.74. The normalized spacial score (nSPS) is 27.5. The van der Waals surface area contributed by atoms with E-state index in [0.717, 1.165) is 12.0 Å². The van der Waals surface area contributed by atoms with Gasteiger partial charge in [0.2, 0.25) is 0 Å². The summed E-state index contributed by atoms with van der Waals surface area (Å²) in [4.78, 5) is 2.64. The van der Waals surface area contributed by atoms with Gasteiger partial charge in [0, 0.05) is 12.6 Å².